The molecule has 13 nitrogen and oxygen atoms in total. The fourth-order valence-corrected chi connectivity index (χ4v) is 10.6. The zero-order valence-corrected chi connectivity index (χ0v) is 33.2. The molecule has 1 saturated heterocycles. The Morgan fingerprint density at radius 3 is 2.30 bits per heavy atom. The predicted octanol–water partition coefficient (Wildman–Crippen LogP) is 3.49. The van der Waals surface area contributed by atoms with Crippen LogP contribution in [0.15, 0.2) is 41.8 Å². The SMILES string of the molecule is C=CCNC(=O)C(=O)C(CC1CC1)NC(=O)C1C2C(CN1C(=O)C(NC(=O)NC(CN1Cc3ccccc3S1(=O)=O)C(C)(C)C)C1CCCCC1)C2(C)C. The maximum Gasteiger partial charge on any atom is 0.315 e. The number of amides is 5. The lowest BCUT2D eigenvalue weighted by Crippen LogP contribution is -2.61. The predicted molar refractivity (Wildman–Crippen MR) is 203 cm³/mol. The summed E-state index contributed by atoms with van der Waals surface area (Å²) in [4.78, 5) is 70.8. The molecule has 6 rings (SSSR count). The molecule has 0 aromatic heterocycles. The number of likely N-dealkylation sites (tertiary alicyclic amines) is 1. The maximum atomic E-state index is 14.8. The number of hydrogen-bond acceptors (Lipinski definition) is 7. The number of nitrogens with one attached hydrogen (secondary N) is 4. The molecule has 6 atom stereocenters. The number of ketones is 1. The van der Waals surface area contributed by atoms with Crippen LogP contribution in [0, 0.1) is 34.5 Å². The molecule has 1 aromatic carbocycles. The Kier molecular flexibility index (Phi) is 11.4. The highest BCUT2D eigenvalue weighted by Crippen LogP contribution is 2.65. The molecule has 5 amide bonds. The van der Waals surface area contributed by atoms with Gasteiger partial charge in [0, 0.05) is 32.2 Å². The maximum absolute atomic E-state index is 14.8. The Hall–Kier alpha value is -3.78. The third kappa shape index (κ3) is 8.24. The van der Waals surface area contributed by atoms with Crippen molar-refractivity contribution >= 4 is 39.6 Å². The summed E-state index contributed by atoms with van der Waals surface area (Å²) in [5, 5.41) is 11.5. The molecule has 2 heterocycles. The number of carbonyl (C=O) groups excluding carboxylic acids is 5. The molecular weight excluding hydrogens is 709 g/mol. The number of nitrogens with zero attached hydrogens (tertiary/aromatic N) is 2. The van der Waals surface area contributed by atoms with Crippen LogP contribution in [0.5, 0.6) is 0 Å². The molecule has 0 spiro atoms. The highest BCUT2D eigenvalue weighted by atomic mass is 32.2. The first-order chi connectivity index (χ1) is 25.4. The van der Waals surface area contributed by atoms with E-state index in [1.54, 1.807) is 23.1 Å². The smallest absolute Gasteiger partial charge is 0.315 e. The fourth-order valence-electron chi connectivity index (χ4n) is 8.97. The molecule has 296 valence electrons. The van der Waals surface area contributed by atoms with Gasteiger partial charge < -0.3 is 26.2 Å². The van der Waals surface area contributed by atoms with E-state index >= 15 is 0 Å². The van der Waals surface area contributed by atoms with E-state index in [4.69, 9.17) is 0 Å². The van der Waals surface area contributed by atoms with Gasteiger partial charge in [-0.05, 0) is 65.4 Å². The number of piperidine rings is 1. The largest absolute Gasteiger partial charge is 0.346 e. The third-order valence-corrected chi connectivity index (χ3v) is 14.5. The molecule has 2 aliphatic heterocycles. The number of fused-ring (bicyclic) bond motifs is 2. The van der Waals surface area contributed by atoms with E-state index in [0.717, 1.165) is 44.9 Å². The molecule has 1 aromatic rings. The van der Waals surface area contributed by atoms with E-state index < -0.39 is 63.2 Å². The van der Waals surface area contributed by atoms with Gasteiger partial charge in [-0.3, -0.25) is 19.2 Å². The number of benzene rings is 1. The average molecular weight is 767 g/mol. The molecular formula is C40H58N6O7S. The second-order valence-corrected chi connectivity index (χ2v) is 19.7. The fraction of sp³-hybridized carbons (Fsp3) is 0.675. The van der Waals surface area contributed by atoms with Gasteiger partial charge in [0.15, 0.2) is 0 Å². The lowest BCUT2D eigenvalue weighted by Gasteiger charge is -2.38. The summed E-state index contributed by atoms with van der Waals surface area (Å²) in [6.07, 6.45) is 8.03. The summed E-state index contributed by atoms with van der Waals surface area (Å²) in [7, 11) is -3.74. The van der Waals surface area contributed by atoms with Gasteiger partial charge in [0.25, 0.3) is 5.91 Å². The van der Waals surface area contributed by atoms with Gasteiger partial charge in [0.2, 0.25) is 27.6 Å². The lowest BCUT2D eigenvalue weighted by atomic mass is 9.83. The second kappa shape index (κ2) is 15.4. The monoisotopic (exact) mass is 766 g/mol. The molecule has 5 aliphatic rings. The number of Topliss-reactive ketones (excluding diaryl/α,β-unsaturated/α-hetero) is 1. The molecule has 6 unspecified atom stereocenters. The van der Waals surface area contributed by atoms with E-state index in [1.165, 1.54) is 10.4 Å². The standard InChI is InChI=1S/C40H58N6O7S/c1-7-19-41-36(49)34(47)28(20-24-17-18-24)42-35(48)33-31-27(40(31,5)6)22-46(33)37(50)32(25-13-9-8-10-14-25)44-38(51)43-30(39(2,3)4)23-45-21-26-15-11-12-16-29(26)54(45,52)53/h7,11-12,15-16,24-25,27-28,30-33H,1,8-10,13-14,17-23H2,2-6H3,(H,41,49)(H,42,48)(H2,43,44,51). The summed E-state index contributed by atoms with van der Waals surface area (Å²) in [6.45, 7) is 14.3. The van der Waals surface area contributed by atoms with Crippen molar-refractivity contribution in [3.8, 4) is 0 Å². The molecule has 3 saturated carbocycles. The minimum atomic E-state index is -3.74. The van der Waals surface area contributed by atoms with E-state index in [1.807, 2.05) is 26.8 Å². The Labute approximate surface area is 319 Å². The van der Waals surface area contributed by atoms with Crippen molar-refractivity contribution in [1.29, 1.82) is 0 Å². The van der Waals surface area contributed by atoms with Gasteiger partial charge in [0.05, 0.1) is 10.9 Å². The van der Waals surface area contributed by atoms with Gasteiger partial charge in [-0.1, -0.05) is 91.0 Å². The zero-order valence-electron chi connectivity index (χ0n) is 32.4. The summed E-state index contributed by atoms with van der Waals surface area (Å²) in [5.74, 6) is -2.24. The van der Waals surface area contributed by atoms with Gasteiger partial charge in [-0.15, -0.1) is 6.58 Å². The molecule has 0 bridgehead atoms. The molecule has 4 N–H and O–H groups in total. The van der Waals surface area contributed by atoms with Crippen molar-refractivity contribution in [3.05, 3.63) is 42.5 Å². The first kappa shape index (κ1) is 39.9. The van der Waals surface area contributed by atoms with Gasteiger partial charge >= 0.3 is 6.03 Å². The van der Waals surface area contributed by atoms with Gasteiger partial charge in [-0.2, -0.15) is 4.31 Å². The van der Waals surface area contributed by atoms with Crippen LogP contribution < -0.4 is 21.3 Å². The Morgan fingerprint density at radius 2 is 1.67 bits per heavy atom. The molecule has 4 fully saturated rings. The van der Waals surface area contributed by atoms with Gasteiger partial charge in [0.1, 0.15) is 12.1 Å². The van der Waals surface area contributed by atoms with Crippen molar-refractivity contribution in [2.75, 3.05) is 19.6 Å². The van der Waals surface area contributed by atoms with Crippen molar-refractivity contribution in [2.45, 2.75) is 122 Å². The van der Waals surface area contributed by atoms with Crippen LogP contribution in [0.4, 0.5) is 4.79 Å². The average Bonchev–Trinajstić information content (AvgIpc) is 3.95. The first-order valence-corrected chi connectivity index (χ1v) is 21.1. The van der Waals surface area contributed by atoms with Crippen LogP contribution in [0.2, 0.25) is 0 Å². The minimum absolute atomic E-state index is 0.0507. The normalized spacial score (nSPS) is 26.0. The minimum Gasteiger partial charge on any atom is -0.346 e. The number of hydrogen-bond donors (Lipinski definition) is 4. The van der Waals surface area contributed by atoms with Crippen molar-refractivity contribution in [3.63, 3.8) is 0 Å². The topological polar surface area (TPSA) is 174 Å². The molecule has 0 radical (unpaired) electrons. The second-order valence-electron chi connectivity index (χ2n) is 17.8. The van der Waals surface area contributed by atoms with Gasteiger partial charge in [-0.25, -0.2) is 13.2 Å². The van der Waals surface area contributed by atoms with Crippen LogP contribution >= 0.6 is 0 Å². The zero-order chi connectivity index (χ0) is 39.2. The lowest BCUT2D eigenvalue weighted by molar-refractivity contribution is -0.144. The van der Waals surface area contributed by atoms with Crippen LogP contribution in [-0.2, 0) is 35.7 Å². The summed E-state index contributed by atoms with van der Waals surface area (Å²) in [5.41, 5.74) is -0.0210. The van der Waals surface area contributed by atoms with Crippen molar-refractivity contribution in [2.24, 2.45) is 34.5 Å². The number of sulfonamides is 1. The van der Waals surface area contributed by atoms with Crippen LogP contribution in [-0.4, -0.2) is 91.0 Å². The molecule has 54 heavy (non-hydrogen) atoms. The highest BCUT2D eigenvalue weighted by molar-refractivity contribution is 7.89. The van der Waals surface area contributed by atoms with E-state index in [0.29, 0.717) is 18.5 Å². The number of rotatable bonds is 14. The van der Waals surface area contributed by atoms with E-state index in [9.17, 15) is 32.4 Å². The summed E-state index contributed by atoms with van der Waals surface area (Å²) < 4.78 is 28.2. The van der Waals surface area contributed by atoms with Crippen LogP contribution in [0.1, 0.15) is 91.5 Å². The first-order valence-electron chi connectivity index (χ1n) is 19.6. The molecule has 14 heteroatoms. The number of carbonyl (C=O) groups is 5. The quantitative estimate of drug-likeness (QED) is 0.166. The van der Waals surface area contributed by atoms with E-state index in [-0.39, 0.29) is 59.5 Å². The summed E-state index contributed by atoms with van der Waals surface area (Å²) in [6, 6.07) is 2.97. The Bertz CT molecular complexity index is 1760. The Balaban J connectivity index is 1.20. The van der Waals surface area contributed by atoms with Crippen LogP contribution in [0.25, 0.3) is 0 Å². The highest BCUT2D eigenvalue weighted by Gasteiger charge is 2.70. The van der Waals surface area contributed by atoms with Crippen molar-refractivity contribution in [1.82, 2.24) is 30.5 Å². The van der Waals surface area contributed by atoms with Crippen LogP contribution in [0.3, 0.4) is 0 Å². The Morgan fingerprint density at radius 1 is 0.981 bits per heavy atom. The summed E-state index contributed by atoms with van der Waals surface area (Å²) >= 11 is 0. The van der Waals surface area contributed by atoms with Crippen molar-refractivity contribution < 1.29 is 32.4 Å². The third-order valence-electron chi connectivity index (χ3n) is 12.6. The number of urea groups is 1. The van der Waals surface area contributed by atoms with E-state index in [2.05, 4.69) is 41.7 Å². The molecule has 3 aliphatic carbocycles.